The molecule has 1 heterocycles. The lowest BCUT2D eigenvalue weighted by Crippen LogP contribution is -2.45. The zero-order chi connectivity index (χ0) is 18.2. The van der Waals surface area contributed by atoms with Gasteiger partial charge in [-0.3, -0.25) is 9.79 Å². The molecular weight excluding hydrogens is 463 g/mol. The van der Waals surface area contributed by atoms with E-state index in [4.69, 9.17) is 4.74 Å². The SMILES string of the molecule is CCOC(=O)C1CCC(NC(=NC)NCCc2sc(C)nc2C)CC1.I. The first-order valence-electron chi connectivity index (χ1n) is 9.10. The zero-order valence-electron chi connectivity index (χ0n) is 16.1. The number of hydrogen-bond donors (Lipinski definition) is 2. The van der Waals surface area contributed by atoms with E-state index in [1.54, 1.807) is 18.4 Å². The van der Waals surface area contributed by atoms with Crippen molar-refractivity contribution in [3.63, 3.8) is 0 Å². The Kier molecular flexibility index (Phi) is 10.4. The minimum absolute atomic E-state index is 0. The van der Waals surface area contributed by atoms with Crippen LogP contribution in [0.5, 0.6) is 0 Å². The molecule has 148 valence electrons. The van der Waals surface area contributed by atoms with Crippen LogP contribution in [-0.2, 0) is 16.0 Å². The number of nitrogens with zero attached hydrogens (tertiary/aromatic N) is 2. The van der Waals surface area contributed by atoms with E-state index < -0.39 is 0 Å². The lowest BCUT2D eigenvalue weighted by Gasteiger charge is -2.29. The summed E-state index contributed by atoms with van der Waals surface area (Å²) in [6.07, 6.45) is 4.65. The lowest BCUT2D eigenvalue weighted by atomic mass is 9.86. The van der Waals surface area contributed by atoms with Gasteiger partial charge >= 0.3 is 5.97 Å². The summed E-state index contributed by atoms with van der Waals surface area (Å²) >= 11 is 1.76. The average Bonchev–Trinajstić information content (AvgIpc) is 2.92. The number of ether oxygens (including phenoxy) is 1. The number of aromatic nitrogens is 1. The maximum absolute atomic E-state index is 11.8. The highest BCUT2D eigenvalue weighted by atomic mass is 127. The first-order valence-corrected chi connectivity index (χ1v) is 9.91. The Hall–Kier alpha value is -0.900. The number of esters is 1. The Morgan fingerprint density at radius 3 is 2.54 bits per heavy atom. The third kappa shape index (κ3) is 7.02. The number of hydrogen-bond acceptors (Lipinski definition) is 5. The molecule has 0 saturated heterocycles. The number of nitrogens with one attached hydrogen (secondary N) is 2. The highest BCUT2D eigenvalue weighted by Gasteiger charge is 2.27. The Bertz CT molecular complexity index is 598. The second-order valence-corrected chi connectivity index (χ2v) is 7.72. The normalized spacial score (nSPS) is 20.2. The molecule has 0 aromatic carbocycles. The summed E-state index contributed by atoms with van der Waals surface area (Å²) < 4.78 is 5.13. The predicted octanol–water partition coefficient (Wildman–Crippen LogP) is 3.21. The fourth-order valence-electron chi connectivity index (χ4n) is 3.22. The Labute approximate surface area is 177 Å². The van der Waals surface area contributed by atoms with Crippen molar-refractivity contribution in [2.75, 3.05) is 20.2 Å². The van der Waals surface area contributed by atoms with Crippen molar-refractivity contribution in [1.82, 2.24) is 15.6 Å². The van der Waals surface area contributed by atoms with Gasteiger partial charge in [-0.25, -0.2) is 4.98 Å². The highest BCUT2D eigenvalue weighted by molar-refractivity contribution is 14.0. The van der Waals surface area contributed by atoms with Gasteiger partial charge in [0.05, 0.1) is 23.2 Å². The van der Waals surface area contributed by atoms with Crippen LogP contribution in [0.4, 0.5) is 0 Å². The smallest absolute Gasteiger partial charge is 0.308 e. The molecule has 8 heteroatoms. The molecule has 0 bridgehead atoms. The maximum Gasteiger partial charge on any atom is 0.308 e. The molecule has 0 aliphatic heterocycles. The fourth-order valence-corrected chi connectivity index (χ4v) is 4.16. The molecule has 0 spiro atoms. The van der Waals surface area contributed by atoms with E-state index in [0.29, 0.717) is 12.6 Å². The summed E-state index contributed by atoms with van der Waals surface area (Å²) in [7, 11) is 1.79. The van der Waals surface area contributed by atoms with Gasteiger partial charge in [0.1, 0.15) is 0 Å². The number of carbonyl (C=O) groups is 1. The van der Waals surface area contributed by atoms with Gasteiger partial charge in [0.15, 0.2) is 5.96 Å². The van der Waals surface area contributed by atoms with Crippen LogP contribution < -0.4 is 10.6 Å². The third-order valence-electron chi connectivity index (χ3n) is 4.56. The van der Waals surface area contributed by atoms with Gasteiger partial charge in [-0.2, -0.15) is 0 Å². The Morgan fingerprint density at radius 2 is 2.00 bits per heavy atom. The van der Waals surface area contributed by atoms with Crippen LogP contribution in [0.1, 0.15) is 48.2 Å². The molecule has 2 N–H and O–H groups in total. The zero-order valence-corrected chi connectivity index (χ0v) is 19.3. The summed E-state index contributed by atoms with van der Waals surface area (Å²) in [5.74, 6) is 0.850. The molecule has 1 saturated carbocycles. The molecule has 1 fully saturated rings. The van der Waals surface area contributed by atoms with Crippen molar-refractivity contribution < 1.29 is 9.53 Å². The molecule has 2 rings (SSSR count). The minimum atomic E-state index is -0.0429. The summed E-state index contributed by atoms with van der Waals surface area (Å²) in [5.41, 5.74) is 1.13. The van der Waals surface area contributed by atoms with E-state index in [-0.39, 0.29) is 35.9 Å². The molecular formula is C18H31IN4O2S. The predicted molar refractivity (Wildman–Crippen MR) is 118 cm³/mol. The second kappa shape index (κ2) is 11.7. The molecule has 1 aromatic rings. The fraction of sp³-hybridized carbons (Fsp3) is 0.722. The van der Waals surface area contributed by atoms with E-state index in [0.717, 1.165) is 55.3 Å². The third-order valence-corrected chi connectivity index (χ3v) is 5.69. The quantitative estimate of drug-likeness (QED) is 0.275. The molecule has 0 amide bonds. The van der Waals surface area contributed by atoms with Crippen LogP contribution in [0.3, 0.4) is 0 Å². The second-order valence-electron chi connectivity index (χ2n) is 6.44. The van der Waals surface area contributed by atoms with Gasteiger partial charge in [0.25, 0.3) is 0 Å². The number of halogens is 1. The first-order chi connectivity index (χ1) is 12.0. The highest BCUT2D eigenvalue weighted by Crippen LogP contribution is 2.25. The van der Waals surface area contributed by atoms with E-state index in [1.807, 2.05) is 13.8 Å². The number of rotatable bonds is 6. The number of thiazole rings is 1. The van der Waals surface area contributed by atoms with Crippen molar-refractivity contribution >= 4 is 47.2 Å². The van der Waals surface area contributed by atoms with Crippen molar-refractivity contribution in [3.8, 4) is 0 Å². The van der Waals surface area contributed by atoms with Crippen LogP contribution in [0, 0.1) is 19.8 Å². The molecule has 1 aliphatic carbocycles. The van der Waals surface area contributed by atoms with E-state index in [1.165, 1.54) is 4.88 Å². The van der Waals surface area contributed by atoms with Crippen LogP contribution in [0.2, 0.25) is 0 Å². The molecule has 0 radical (unpaired) electrons. The van der Waals surface area contributed by atoms with Gasteiger partial charge in [0.2, 0.25) is 0 Å². The summed E-state index contributed by atoms with van der Waals surface area (Å²) in [4.78, 5) is 21.9. The number of guanidine groups is 1. The standard InChI is InChI=1S/C18H30N4O2S.HI/c1-5-24-17(23)14-6-8-15(9-7-14)22-18(19-4)20-11-10-16-12(2)21-13(3)25-16;/h14-15H,5-11H2,1-4H3,(H2,19,20,22);1H. The largest absolute Gasteiger partial charge is 0.466 e. The number of aryl methyl sites for hydroxylation is 2. The van der Waals surface area contributed by atoms with Gasteiger partial charge in [-0.05, 0) is 46.5 Å². The van der Waals surface area contributed by atoms with Crippen molar-refractivity contribution in [2.45, 2.75) is 58.9 Å². The van der Waals surface area contributed by atoms with E-state index >= 15 is 0 Å². The van der Waals surface area contributed by atoms with Crippen molar-refractivity contribution in [1.29, 1.82) is 0 Å². The number of aliphatic imine (C=N–C) groups is 1. The molecule has 0 unspecified atom stereocenters. The van der Waals surface area contributed by atoms with E-state index in [2.05, 4.69) is 27.5 Å². The van der Waals surface area contributed by atoms with Gasteiger partial charge in [-0.15, -0.1) is 35.3 Å². The molecule has 1 aliphatic rings. The number of carbonyl (C=O) groups excluding carboxylic acids is 1. The average molecular weight is 494 g/mol. The summed E-state index contributed by atoms with van der Waals surface area (Å²) in [6, 6.07) is 0.365. The molecule has 6 nitrogen and oxygen atoms in total. The van der Waals surface area contributed by atoms with Crippen molar-refractivity contribution in [3.05, 3.63) is 15.6 Å². The minimum Gasteiger partial charge on any atom is -0.466 e. The first kappa shape index (κ1) is 23.1. The van der Waals surface area contributed by atoms with Gasteiger partial charge < -0.3 is 15.4 Å². The molecule has 26 heavy (non-hydrogen) atoms. The monoisotopic (exact) mass is 494 g/mol. The Morgan fingerprint density at radius 1 is 1.31 bits per heavy atom. The van der Waals surface area contributed by atoms with Crippen LogP contribution in [-0.4, -0.2) is 43.2 Å². The lowest BCUT2D eigenvalue weighted by molar-refractivity contribution is -0.149. The maximum atomic E-state index is 11.8. The molecule has 0 atom stereocenters. The topological polar surface area (TPSA) is 75.6 Å². The van der Waals surface area contributed by atoms with E-state index in [9.17, 15) is 4.79 Å². The van der Waals surface area contributed by atoms with Crippen LogP contribution in [0.15, 0.2) is 4.99 Å². The van der Waals surface area contributed by atoms with Crippen LogP contribution >= 0.6 is 35.3 Å². The molecule has 1 aromatic heterocycles. The van der Waals surface area contributed by atoms with Gasteiger partial charge in [-0.1, -0.05) is 0 Å². The Balaban J connectivity index is 0.00000338. The van der Waals surface area contributed by atoms with Gasteiger partial charge in [0, 0.05) is 30.9 Å². The summed E-state index contributed by atoms with van der Waals surface area (Å²) in [5, 5.41) is 7.98. The summed E-state index contributed by atoms with van der Waals surface area (Å²) in [6.45, 7) is 7.26. The van der Waals surface area contributed by atoms with Crippen LogP contribution in [0.25, 0.3) is 0 Å². The van der Waals surface area contributed by atoms with Crippen molar-refractivity contribution in [2.24, 2.45) is 10.9 Å².